The highest BCUT2D eigenvalue weighted by Crippen LogP contribution is 2.41. The maximum absolute atomic E-state index is 13.0. The molecule has 0 N–H and O–H groups in total. The Morgan fingerprint density at radius 1 is 1.00 bits per heavy atom. The molecule has 1 aromatic heterocycles. The van der Waals surface area contributed by atoms with Crippen LogP contribution in [0.1, 0.15) is 40.5 Å². The molecule has 1 heterocycles. The number of hydrogen-bond donors (Lipinski definition) is 0. The Balaban J connectivity index is 1.84. The van der Waals surface area contributed by atoms with E-state index in [0.717, 1.165) is 27.8 Å². The van der Waals surface area contributed by atoms with Gasteiger partial charge in [0.25, 0.3) is 0 Å². The van der Waals surface area contributed by atoms with Crippen LogP contribution in [0.15, 0.2) is 36.4 Å². The number of carbonyl (C=O) groups excluding carboxylic acids is 2. The van der Waals surface area contributed by atoms with Crippen molar-refractivity contribution in [1.29, 1.82) is 0 Å². The van der Waals surface area contributed by atoms with Crippen molar-refractivity contribution in [2.75, 3.05) is 27.9 Å². The monoisotopic (exact) mass is 447 g/mol. The fourth-order valence-corrected chi connectivity index (χ4v) is 4.14. The molecule has 4 rings (SSSR count). The molecule has 0 atom stereocenters. The molecule has 0 bridgehead atoms. The summed E-state index contributed by atoms with van der Waals surface area (Å²) in [6.45, 7) is 1.14. The number of fused-ring (bicyclic) bond motifs is 2. The molecular weight excluding hydrogens is 422 g/mol. The number of allylic oxidation sites excluding steroid dienone is 1. The van der Waals surface area contributed by atoms with E-state index in [4.69, 9.17) is 23.9 Å². The molecule has 7 heteroatoms. The molecule has 7 nitrogen and oxygen atoms in total. The average Bonchev–Trinajstić information content (AvgIpc) is 3.21. The number of aromatic nitrogens is 1. The summed E-state index contributed by atoms with van der Waals surface area (Å²) in [4.78, 5) is 29.2. The second-order valence-corrected chi connectivity index (χ2v) is 7.74. The first-order valence-electron chi connectivity index (χ1n) is 10.6. The van der Waals surface area contributed by atoms with Crippen LogP contribution in [0.3, 0.4) is 0 Å². The van der Waals surface area contributed by atoms with E-state index in [1.165, 1.54) is 6.92 Å². The summed E-state index contributed by atoms with van der Waals surface area (Å²) in [5.74, 6) is 0.924. The van der Waals surface area contributed by atoms with E-state index in [1.54, 1.807) is 21.3 Å². The third-order valence-electron chi connectivity index (χ3n) is 5.58. The molecular formula is C26H25NO6. The van der Waals surface area contributed by atoms with Crippen molar-refractivity contribution in [2.24, 2.45) is 0 Å². The van der Waals surface area contributed by atoms with Gasteiger partial charge in [-0.15, -0.1) is 0 Å². The Morgan fingerprint density at radius 3 is 2.33 bits per heavy atom. The number of esters is 1. The Kier molecular flexibility index (Phi) is 6.31. The average molecular weight is 447 g/mol. The molecule has 170 valence electrons. The van der Waals surface area contributed by atoms with Gasteiger partial charge in [-0.2, -0.15) is 0 Å². The summed E-state index contributed by atoms with van der Waals surface area (Å²) in [5.41, 5.74) is 4.63. The number of benzene rings is 2. The number of rotatable bonds is 7. The van der Waals surface area contributed by atoms with Crippen LogP contribution in [0.2, 0.25) is 0 Å². The third kappa shape index (κ3) is 4.26. The van der Waals surface area contributed by atoms with Gasteiger partial charge in [-0.25, -0.2) is 9.78 Å². The number of carbonyl (C=O) groups is 2. The minimum absolute atomic E-state index is 0.207. The minimum atomic E-state index is -0.505. The third-order valence-corrected chi connectivity index (χ3v) is 5.58. The van der Waals surface area contributed by atoms with Gasteiger partial charge in [0.2, 0.25) is 5.75 Å². The van der Waals surface area contributed by atoms with Gasteiger partial charge in [-0.1, -0.05) is 18.2 Å². The normalized spacial score (nSPS) is 13.6. The number of methoxy groups -OCH3 is 3. The SMILES string of the molecule is COc1cc(/C=C2\CCc3c2nc2ccccc2c3C(=O)OCC(C)=O)cc(OC)c1OC. The summed E-state index contributed by atoms with van der Waals surface area (Å²) in [6.07, 6.45) is 3.37. The van der Waals surface area contributed by atoms with Crippen LogP contribution in [0.25, 0.3) is 22.6 Å². The lowest BCUT2D eigenvalue weighted by molar-refractivity contribution is -0.120. The summed E-state index contributed by atoms with van der Waals surface area (Å²) >= 11 is 0. The zero-order valence-corrected chi connectivity index (χ0v) is 19.1. The lowest BCUT2D eigenvalue weighted by Gasteiger charge is -2.13. The maximum atomic E-state index is 13.0. The summed E-state index contributed by atoms with van der Waals surface area (Å²) in [5, 5.41) is 0.721. The van der Waals surface area contributed by atoms with Gasteiger partial charge >= 0.3 is 5.97 Å². The Labute approximate surface area is 191 Å². The van der Waals surface area contributed by atoms with Crippen molar-refractivity contribution in [1.82, 2.24) is 4.98 Å². The van der Waals surface area contributed by atoms with Crippen LogP contribution < -0.4 is 14.2 Å². The molecule has 0 spiro atoms. The zero-order valence-electron chi connectivity index (χ0n) is 19.1. The first-order chi connectivity index (χ1) is 16.0. The fourth-order valence-electron chi connectivity index (χ4n) is 4.14. The summed E-state index contributed by atoms with van der Waals surface area (Å²) in [7, 11) is 4.71. The molecule has 0 fully saturated rings. The smallest absolute Gasteiger partial charge is 0.339 e. The number of ether oxygens (including phenoxy) is 4. The molecule has 1 aliphatic carbocycles. The van der Waals surface area contributed by atoms with Crippen LogP contribution in [0.5, 0.6) is 17.2 Å². The van der Waals surface area contributed by atoms with Gasteiger partial charge in [0.05, 0.1) is 38.1 Å². The predicted molar refractivity (Wildman–Crippen MR) is 125 cm³/mol. The van der Waals surface area contributed by atoms with Crippen LogP contribution in [-0.2, 0) is 16.0 Å². The number of Topliss-reactive ketones (excluding diaryl/α,β-unsaturated/α-hetero) is 1. The Hall–Kier alpha value is -3.87. The van der Waals surface area contributed by atoms with Crippen molar-refractivity contribution in [2.45, 2.75) is 19.8 Å². The first-order valence-corrected chi connectivity index (χ1v) is 10.6. The van der Waals surface area contributed by atoms with Gasteiger partial charge < -0.3 is 18.9 Å². The highest BCUT2D eigenvalue weighted by molar-refractivity contribution is 6.07. The molecule has 0 saturated heterocycles. The van der Waals surface area contributed by atoms with E-state index >= 15 is 0 Å². The van der Waals surface area contributed by atoms with Crippen LogP contribution >= 0.6 is 0 Å². The van der Waals surface area contributed by atoms with E-state index in [9.17, 15) is 9.59 Å². The van der Waals surface area contributed by atoms with Crippen molar-refractivity contribution in [3.05, 3.63) is 58.8 Å². The van der Waals surface area contributed by atoms with Crippen LogP contribution in [0, 0.1) is 0 Å². The van der Waals surface area contributed by atoms with Crippen LogP contribution in [0.4, 0.5) is 0 Å². The zero-order chi connectivity index (χ0) is 23.5. The molecule has 0 unspecified atom stereocenters. The topological polar surface area (TPSA) is 84.0 Å². The Morgan fingerprint density at radius 2 is 1.70 bits per heavy atom. The molecule has 1 aliphatic rings. The standard InChI is InChI=1S/C26H25NO6/c1-15(28)14-33-26(29)23-18-7-5-6-8-20(18)27-24-17(9-10-19(23)24)11-16-12-21(30-2)25(32-4)22(13-16)31-3/h5-8,11-13H,9-10,14H2,1-4H3/b17-11+. The number of ketones is 1. The molecule has 3 aromatic rings. The number of pyridine rings is 1. The molecule has 0 radical (unpaired) electrons. The number of para-hydroxylation sites is 1. The van der Waals surface area contributed by atoms with E-state index in [1.807, 2.05) is 42.5 Å². The van der Waals surface area contributed by atoms with Crippen molar-refractivity contribution in [3.63, 3.8) is 0 Å². The van der Waals surface area contributed by atoms with E-state index < -0.39 is 5.97 Å². The lowest BCUT2D eigenvalue weighted by atomic mass is 10.0. The van der Waals surface area contributed by atoms with Crippen molar-refractivity contribution >= 4 is 34.3 Å². The van der Waals surface area contributed by atoms with Crippen molar-refractivity contribution < 1.29 is 28.5 Å². The highest BCUT2D eigenvalue weighted by Gasteiger charge is 2.28. The quantitative estimate of drug-likeness (QED) is 0.493. The van der Waals surface area contributed by atoms with Crippen molar-refractivity contribution in [3.8, 4) is 17.2 Å². The van der Waals surface area contributed by atoms with E-state index in [-0.39, 0.29) is 12.4 Å². The molecule has 0 amide bonds. The van der Waals surface area contributed by atoms with Gasteiger partial charge in [0.1, 0.15) is 6.61 Å². The second-order valence-electron chi connectivity index (χ2n) is 7.74. The van der Waals surface area contributed by atoms with Gasteiger partial charge in [-0.05, 0) is 60.7 Å². The van der Waals surface area contributed by atoms with Crippen LogP contribution in [-0.4, -0.2) is 44.7 Å². The summed E-state index contributed by atoms with van der Waals surface area (Å²) in [6, 6.07) is 11.2. The van der Waals surface area contributed by atoms with E-state index in [2.05, 4.69) is 0 Å². The highest BCUT2D eigenvalue weighted by atomic mass is 16.5. The summed E-state index contributed by atoms with van der Waals surface area (Å²) < 4.78 is 21.6. The first kappa shape index (κ1) is 22.3. The van der Waals surface area contributed by atoms with Gasteiger partial charge in [0.15, 0.2) is 17.3 Å². The molecule has 0 aliphatic heterocycles. The van der Waals surface area contributed by atoms with E-state index in [0.29, 0.717) is 41.2 Å². The second kappa shape index (κ2) is 9.32. The van der Waals surface area contributed by atoms with Gasteiger partial charge in [0, 0.05) is 5.39 Å². The maximum Gasteiger partial charge on any atom is 0.339 e. The molecule has 0 saturated carbocycles. The Bertz CT molecular complexity index is 1250. The lowest BCUT2D eigenvalue weighted by Crippen LogP contribution is -2.14. The fraction of sp³-hybridized carbons (Fsp3) is 0.269. The predicted octanol–water partition coefficient (Wildman–Crippen LogP) is 4.49. The van der Waals surface area contributed by atoms with Gasteiger partial charge in [-0.3, -0.25) is 4.79 Å². The number of nitrogens with zero attached hydrogens (tertiary/aromatic N) is 1. The largest absolute Gasteiger partial charge is 0.493 e. The number of hydrogen-bond acceptors (Lipinski definition) is 7. The molecule has 33 heavy (non-hydrogen) atoms. The molecule has 2 aromatic carbocycles. The minimum Gasteiger partial charge on any atom is -0.493 e.